The van der Waals surface area contributed by atoms with Gasteiger partial charge in [0, 0.05) is 4.47 Å². The van der Waals surface area contributed by atoms with Crippen molar-refractivity contribution in [1.29, 1.82) is 0 Å². The number of benzene rings is 2. The van der Waals surface area contributed by atoms with E-state index in [1.165, 1.54) is 6.21 Å². The van der Waals surface area contributed by atoms with E-state index in [2.05, 4.69) is 21.0 Å². The van der Waals surface area contributed by atoms with E-state index < -0.39 is 0 Å². The van der Waals surface area contributed by atoms with Gasteiger partial charge in [-0.05, 0) is 29.8 Å². The molecule has 2 aromatic rings. The number of hydrogen-bond acceptors (Lipinski definition) is 3. The number of rotatable bonds is 2. The van der Waals surface area contributed by atoms with Crippen molar-refractivity contribution in [3.05, 3.63) is 69.7 Å². The lowest BCUT2D eigenvalue weighted by Crippen LogP contribution is -2.23. The standard InChI is InChI=1S/C15H9BrN2O2/c16-11-7-5-10(6-8-11)9-17-18-14(19)12-3-1-2-4-13(12)15(18)20/h1-9H/b17-9+. The molecule has 1 aliphatic heterocycles. The fraction of sp³-hybridized carbons (Fsp3) is 0. The molecule has 0 atom stereocenters. The van der Waals surface area contributed by atoms with E-state index in [0.717, 1.165) is 15.0 Å². The fourth-order valence-electron chi connectivity index (χ4n) is 1.95. The molecular formula is C15H9BrN2O2. The number of nitrogens with zero attached hydrogens (tertiary/aromatic N) is 2. The number of halogens is 1. The van der Waals surface area contributed by atoms with Crippen LogP contribution in [0.15, 0.2) is 58.1 Å². The van der Waals surface area contributed by atoms with Crippen LogP contribution < -0.4 is 0 Å². The highest BCUT2D eigenvalue weighted by Gasteiger charge is 2.35. The van der Waals surface area contributed by atoms with Crippen LogP contribution in [0, 0.1) is 0 Å². The summed E-state index contributed by atoms with van der Waals surface area (Å²) in [6, 6.07) is 14.1. The largest absolute Gasteiger partial charge is 0.282 e. The molecule has 98 valence electrons. The second kappa shape index (κ2) is 5.02. The predicted octanol–water partition coefficient (Wildman–Crippen LogP) is 3.08. The summed E-state index contributed by atoms with van der Waals surface area (Å²) in [5.41, 5.74) is 1.60. The first kappa shape index (κ1) is 12.7. The van der Waals surface area contributed by atoms with Gasteiger partial charge in [-0.25, -0.2) is 0 Å². The monoisotopic (exact) mass is 328 g/mol. The van der Waals surface area contributed by atoms with Gasteiger partial charge in [0.25, 0.3) is 11.8 Å². The topological polar surface area (TPSA) is 49.7 Å². The third-order valence-corrected chi connectivity index (χ3v) is 3.49. The Balaban J connectivity index is 1.88. The average Bonchev–Trinajstić information content (AvgIpc) is 2.71. The zero-order chi connectivity index (χ0) is 14.1. The van der Waals surface area contributed by atoms with Crippen LogP contribution in [0.5, 0.6) is 0 Å². The van der Waals surface area contributed by atoms with Crippen molar-refractivity contribution < 1.29 is 9.59 Å². The maximum absolute atomic E-state index is 12.1. The molecule has 0 radical (unpaired) electrons. The molecule has 0 aromatic heterocycles. The van der Waals surface area contributed by atoms with Gasteiger partial charge in [0.15, 0.2) is 0 Å². The third-order valence-electron chi connectivity index (χ3n) is 2.96. The van der Waals surface area contributed by atoms with Gasteiger partial charge in [0.1, 0.15) is 0 Å². The summed E-state index contributed by atoms with van der Waals surface area (Å²) in [5.74, 6) is -0.780. The van der Waals surface area contributed by atoms with Gasteiger partial charge in [0.2, 0.25) is 0 Å². The molecule has 2 amide bonds. The molecule has 0 N–H and O–H groups in total. The second-order valence-corrected chi connectivity index (χ2v) is 5.18. The average molecular weight is 329 g/mol. The molecule has 0 saturated carbocycles. The lowest BCUT2D eigenvalue weighted by atomic mass is 10.1. The van der Waals surface area contributed by atoms with Crippen LogP contribution in [0.25, 0.3) is 0 Å². The molecule has 1 heterocycles. The molecule has 3 rings (SSSR count). The van der Waals surface area contributed by atoms with Crippen LogP contribution in [0.1, 0.15) is 26.3 Å². The Kier molecular flexibility index (Phi) is 3.20. The van der Waals surface area contributed by atoms with Crippen LogP contribution >= 0.6 is 15.9 Å². The highest BCUT2D eigenvalue weighted by atomic mass is 79.9. The molecule has 1 aliphatic rings. The molecule has 20 heavy (non-hydrogen) atoms. The normalized spacial score (nSPS) is 14.2. The summed E-state index contributed by atoms with van der Waals surface area (Å²) in [4.78, 5) is 24.1. The van der Waals surface area contributed by atoms with Crippen LogP contribution in [0.3, 0.4) is 0 Å². The Bertz CT molecular complexity index is 688. The van der Waals surface area contributed by atoms with Gasteiger partial charge in [-0.3, -0.25) is 9.59 Å². The zero-order valence-corrected chi connectivity index (χ0v) is 11.9. The van der Waals surface area contributed by atoms with E-state index in [1.807, 2.05) is 24.3 Å². The van der Waals surface area contributed by atoms with Gasteiger partial charge >= 0.3 is 0 Å². The number of carbonyl (C=O) groups excluding carboxylic acids is 2. The lowest BCUT2D eigenvalue weighted by molar-refractivity contribution is 0.0660. The number of imide groups is 1. The molecule has 2 aromatic carbocycles. The van der Waals surface area contributed by atoms with Crippen molar-refractivity contribution in [2.75, 3.05) is 0 Å². The van der Waals surface area contributed by atoms with Gasteiger partial charge in [0.05, 0.1) is 17.3 Å². The minimum absolute atomic E-state index is 0.390. The number of hydrogen-bond donors (Lipinski definition) is 0. The van der Waals surface area contributed by atoms with Gasteiger partial charge in [-0.1, -0.05) is 40.2 Å². The summed E-state index contributed by atoms with van der Waals surface area (Å²) in [6.07, 6.45) is 1.49. The SMILES string of the molecule is O=C1c2ccccc2C(=O)N1/N=C/c1ccc(Br)cc1. The third kappa shape index (κ3) is 2.16. The molecule has 0 fully saturated rings. The lowest BCUT2D eigenvalue weighted by Gasteiger charge is -2.05. The quantitative estimate of drug-likeness (QED) is 0.628. The Morgan fingerprint density at radius 1 is 0.900 bits per heavy atom. The Labute approximate surface area is 123 Å². The first-order valence-corrected chi connectivity index (χ1v) is 6.73. The van der Waals surface area contributed by atoms with Gasteiger partial charge in [-0.2, -0.15) is 10.1 Å². The van der Waals surface area contributed by atoms with Crippen molar-refractivity contribution >= 4 is 34.0 Å². The van der Waals surface area contributed by atoms with Gasteiger partial charge in [-0.15, -0.1) is 0 Å². The molecule has 0 bridgehead atoms. The van der Waals surface area contributed by atoms with E-state index in [0.29, 0.717) is 11.1 Å². The molecule has 0 saturated heterocycles. The van der Waals surface area contributed by atoms with Crippen molar-refractivity contribution in [2.24, 2.45) is 5.10 Å². The van der Waals surface area contributed by atoms with Crippen molar-refractivity contribution in [2.45, 2.75) is 0 Å². The number of amides is 2. The summed E-state index contributed by atoms with van der Waals surface area (Å²) in [6.45, 7) is 0. The van der Waals surface area contributed by atoms with Crippen LogP contribution in [0.4, 0.5) is 0 Å². The highest BCUT2D eigenvalue weighted by Crippen LogP contribution is 2.22. The molecule has 5 heteroatoms. The number of fused-ring (bicyclic) bond motifs is 1. The Morgan fingerprint density at radius 2 is 1.45 bits per heavy atom. The number of carbonyl (C=O) groups is 2. The first-order chi connectivity index (χ1) is 9.66. The summed E-state index contributed by atoms with van der Waals surface area (Å²) in [7, 11) is 0. The minimum Gasteiger partial charge on any atom is -0.267 e. The maximum atomic E-state index is 12.1. The van der Waals surface area contributed by atoms with Crippen molar-refractivity contribution in [1.82, 2.24) is 5.01 Å². The van der Waals surface area contributed by atoms with E-state index in [9.17, 15) is 9.59 Å². The first-order valence-electron chi connectivity index (χ1n) is 5.94. The number of hydrazone groups is 1. The molecule has 4 nitrogen and oxygen atoms in total. The van der Waals surface area contributed by atoms with Crippen molar-refractivity contribution in [3.63, 3.8) is 0 Å². The van der Waals surface area contributed by atoms with Crippen LogP contribution in [-0.4, -0.2) is 23.0 Å². The predicted molar refractivity (Wildman–Crippen MR) is 78.7 cm³/mol. The van der Waals surface area contributed by atoms with E-state index >= 15 is 0 Å². The fourth-order valence-corrected chi connectivity index (χ4v) is 2.22. The second-order valence-electron chi connectivity index (χ2n) is 4.26. The molecule has 0 unspecified atom stereocenters. The smallest absolute Gasteiger partial charge is 0.267 e. The van der Waals surface area contributed by atoms with Gasteiger partial charge < -0.3 is 0 Å². The molecular weight excluding hydrogens is 320 g/mol. The van der Waals surface area contributed by atoms with Crippen molar-refractivity contribution in [3.8, 4) is 0 Å². The summed E-state index contributed by atoms with van der Waals surface area (Å²) < 4.78 is 0.954. The van der Waals surface area contributed by atoms with E-state index in [1.54, 1.807) is 24.3 Å². The Hall–Kier alpha value is -2.27. The Morgan fingerprint density at radius 3 is 2.00 bits per heavy atom. The molecule has 0 spiro atoms. The summed E-state index contributed by atoms with van der Waals surface area (Å²) in [5, 5.41) is 4.89. The maximum Gasteiger partial charge on any atom is 0.282 e. The van der Waals surface area contributed by atoms with Crippen LogP contribution in [-0.2, 0) is 0 Å². The highest BCUT2D eigenvalue weighted by molar-refractivity contribution is 9.10. The molecule has 0 aliphatic carbocycles. The minimum atomic E-state index is -0.390. The van der Waals surface area contributed by atoms with E-state index in [-0.39, 0.29) is 11.8 Å². The summed E-state index contributed by atoms with van der Waals surface area (Å²) >= 11 is 3.34. The zero-order valence-electron chi connectivity index (χ0n) is 10.3. The van der Waals surface area contributed by atoms with Crippen LogP contribution in [0.2, 0.25) is 0 Å². The van der Waals surface area contributed by atoms with E-state index in [4.69, 9.17) is 0 Å².